The van der Waals surface area contributed by atoms with Crippen molar-refractivity contribution in [2.24, 2.45) is 0 Å². The van der Waals surface area contributed by atoms with Gasteiger partial charge < -0.3 is 14.4 Å². The third kappa shape index (κ3) is 5.00. The predicted molar refractivity (Wildman–Crippen MR) is 93.8 cm³/mol. The first kappa shape index (κ1) is 19.8. The highest BCUT2D eigenvalue weighted by molar-refractivity contribution is 6.14. The van der Waals surface area contributed by atoms with E-state index in [-0.39, 0.29) is 34.8 Å². The minimum atomic E-state index is -1.26. The van der Waals surface area contributed by atoms with Crippen molar-refractivity contribution in [1.29, 1.82) is 0 Å². The van der Waals surface area contributed by atoms with E-state index in [2.05, 4.69) is 0 Å². The number of aromatic carboxylic acids is 1. The second-order valence-electron chi connectivity index (χ2n) is 5.67. The largest absolute Gasteiger partial charge is 0.478 e. The fraction of sp³-hybridized carbons (Fsp3) is 0.278. The van der Waals surface area contributed by atoms with Crippen molar-refractivity contribution in [2.75, 3.05) is 6.61 Å². The Morgan fingerprint density at radius 1 is 1.15 bits per heavy atom. The Hall–Kier alpha value is -3.49. The number of ether oxygens (including phenoxy) is 1. The molecule has 0 radical (unpaired) electrons. The SMILES string of the molecule is CCOC(=O)CCCn1cc(C(=O)O)c(C(=O)c2ccc([N+](=O)[O-])cc2)c1. The van der Waals surface area contributed by atoms with Gasteiger partial charge in [0.05, 0.1) is 22.7 Å². The van der Waals surface area contributed by atoms with E-state index >= 15 is 0 Å². The second-order valence-corrected chi connectivity index (χ2v) is 5.67. The molecule has 0 bridgehead atoms. The molecule has 9 heteroatoms. The number of aryl methyl sites for hydroxylation is 1. The summed E-state index contributed by atoms with van der Waals surface area (Å²) < 4.78 is 6.35. The van der Waals surface area contributed by atoms with E-state index in [1.54, 1.807) is 6.92 Å². The molecule has 0 aliphatic rings. The van der Waals surface area contributed by atoms with Crippen molar-refractivity contribution in [3.05, 3.63) is 63.5 Å². The van der Waals surface area contributed by atoms with E-state index in [1.807, 2.05) is 0 Å². The molecule has 1 aromatic heterocycles. The number of hydrogen-bond acceptors (Lipinski definition) is 6. The molecule has 2 aromatic rings. The lowest BCUT2D eigenvalue weighted by molar-refractivity contribution is -0.384. The summed E-state index contributed by atoms with van der Waals surface area (Å²) in [5, 5.41) is 20.0. The van der Waals surface area contributed by atoms with Crippen molar-refractivity contribution in [1.82, 2.24) is 4.57 Å². The van der Waals surface area contributed by atoms with Gasteiger partial charge in [0.25, 0.3) is 5.69 Å². The van der Waals surface area contributed by atoms with E-state index in [9.17, 15) is 29.6 Å². The van der Waals surface area contributed by atoms with Gasteiger partial charge in [-0.25, -0.2) is 4.79 Å². The van der Waals surface area contributed by atoms with Crippen molar-refractivity contribution in [3.63, 3.8) is 0 Å². The Morgan fingerprint density at radius 2 is 1.78 bits per heavy atom. The molecule has 0 amide bonds. The van der Waals surface area contributed by atoms with Crippen molar-refractivity contribution in [3.8, 4) is 0 Å². The zero-order chi connectivity index (χ0) is 20.0. The number of esters is 1. The van der Waals surface area contributed by atoms with Crippen LogP contribution in [0.1, 0.15) is 46.0 Å². The molecular weight excluding hydrogens is 356 g/mol. The van der Waals surface area contributed by atoms with Gasteiger partial charge in [0.15, 0.2) is 5.78 Å². The molecule has 2 rings (SSSR count). The molecule has 1 N–H and O–H groups in total. The van der Waals surface area contributed by atoms with Crippen LogP contribution in [0.3, 0.4) is 0 Å². The number of carbonyl (C=O) groups is 3. The molecule has 1 heterocycles. The number of nitro groups is 1. The fourth-order valence-corrected chi connectivity index (χ4v) is 2.52. The molecule has 9 nitrogen and oxygen atoms in total. The van der Waals surface area contributed by atoms with Crippen LogP contribution in [0.4, 0.5) is 5.69 Å². The van der Waals surface area contributed by atoms with Gasteiger partial charge in [-0.3, -0.25) is 19.7 Å². The number of nitrogens with zero attached hydrogens (tertiary/aromatic N) is 2. The molecule has 0 saturated heterocycles. The Labute approximate surface area is 154 Å². The molecule has 0 unspecified atom stereocenters. The fourth-order valence-electron chi connectivity index (χ4n) is 2.52. The highest BCUT2D eigenvalue weighted by atomic mass is 16.6. The third-order valence-corrected chi connectivity index (χ3v) is 3.80. The van der Waals surface area contributed by atoms with Gasteiger partial charge in [0.1, 0.15) is 0 Å². The number of aromatic nitrogens is 1. The first-order valence-corrected chi connectivity index (χ1v) is 8.21. The van der Waals surface area contributed by atoms with E-state index in [4.69, 9.17) is 4.74 Å². The maximum absolute atomic E-state index is 12.6. The van der Waals surface area contributed by atoms with Crippen LogP contribution in [0, 0.1) is 10.1 Å². The van der Waals surface area contributed by atoms with Crippen LogP contribution < -0.4 is 0 Å². The summed E-state index contributed by atoms with van der Waals surface area (Å²) in [6.07, 6.45) is 3.34. The highest BCUT2D eigenvalue weighted by Gasteiger charge is 2.21. The molecular formula is C18H18N2O7. The number of carboxylic acid groups (broad SMARTS) is 1. The summed E-state index contributed by atoms with van der Waals surface area (Å²) in [7, 11) is 0. The molecule has 27 heavy (non-hydrogen) atoms. The molecule has 0 fully saturated rings. The van der Waals surface area contributed by atoms with Crippen LogP contribution in [0.25, 0.3) is 0 Å². The Bertz CT molecular complexity index is 868. The van der Waals surface area contributed by atoms with Crippen LogP contribution in [0.2, 0.25) is 0 Å². The lowest BCUT2D eigenvalue weighted by Gasteiger charge is -2.03. The summed E-state index contributed by atoms with van der Waals surface area (Å²) in [6, 6.07) is 4.93. The zero-order valence-corrected chi connectivity index (χ0v) is 14.6. The summed E-state index contributed by atoms with van der Waals surface area (Å²) in [5.74, 6) is -2.15. The first-order valence-electron chi connectivity index (χ1n) is 8.21. The van der Waals surface area contributed by atoms with Crippen LogP contribution >= 0.6 is 0 Å². The standard InChI is InChI=1S/C18H18N2O7/c1-2-27-16(21)4-3-9-19-10-14(15(11-19)18(23)24)17(22)12-5-7-13(8-6-12)20(25)26/h5-8,10-11H,2-4,9H2,1H3,(H,23,24). The number of rotatable bonds is 9. The maximum atomic E-state index is 12.6. The van der Waals surface area contributed by atoms with Gasteiger partial charge in [-0.2, -0.15) is 0 Å². The number of benzene rings is 1. The van der Waals surface area contributed by atoms with Gasteiger partial charge in [-0.15, -0.1) is 0 Å². The van der Waals surface area contributed by atoms with Crippen LogP contribution in [0.5, 0.6) is 0 Å². The Balaban J connectivity index is 2.18. The summed E-state index contributed by atoms with van der Waals surface area (Å²) in [4.78, 5) is 45.5. The topological polar surface area (TPSA) is 129 Å². The molecule has 0 saturated carbocycles. The van der Waals surface area contributed by atoms with Gasteiger partial charge in [-0.05, 0) is 25.5 Å². The van der Waals surface area contributed by atoms with Crippen LogP contribution in [-0.2, 0) is 16.1 Å². The Kier molecular flexibility index (Phi) is 6.42. The number of carboxylic acids is 1. The van der Waals surface area contributed by atoms with E-state index in [0.717, 1.165) is 0 Å². The number of carbonyl (C=O) groups excluding carboxylic acids is 2. The zero-order valence-electron chi connectivity index (χ0n) is 14.6. The average Bonchev–Trinajstić information content (AvgIpc) is 3.06. The summed E-state index contributed by atoms with van der Waals surface area (Å²) >= 11 is 0. The van der Waals surface area contributed by atoms with Crippen molar-refractivity contribution >= 4 is 23.4 Å². The molecule has 0 aliphatic carbocycles. The average molecular weight is 374 g/mol. The lowest BCUT2D eigenvalue weighted by Crippen LogP contribution is -2.07. The second kappa shape index (κ2) is 8.75. The van der Waals surface area contributed by atoms with Gasteiger partial charge in [0, 0.05) is 43.1 Å². The minimum Gasteiger partial charge on any atom is -0.478 e. The summed E-state index contributed by atoms with van der Waals surface area (Å²) in [5.41, 5.74) is -0.212. The van der Waals surface area contributed by atoms with Crippen LogP contribution in [-0.4, -0.2) is 38.9 Å². The number of ketones is 1. The lowest BCUT2D eigenvalue weighted by atomic mass is 10.0. The minimum absolute atomic E-state index is 0.0208. The van der Waals surface area contributed by atoms with Gasteiger partial charge in [-0.1, -0.05) is 0 Å². The van der Waals surface area contributed by atoms with Crippen molar-refractivity contribution < 1.29 is 29.2 Å². The summed E-state index contributed by atoms with van der Waals surface area (Å²) in [6.45, 7) is 2.34. The molecule has 142 valence electrons. The van der Waals surface area contributed by atoms with E-state index in [1.165, 1.54) is 41.2 Å². The van der Waals surface area contributed by atoms with Crippen LogP contribution in [0.15, 0.2) is 36.7 Å². The number of non-ortho nitro benzene ring substituents is 1. The highest BCUT2D eigenvalue weighted by Crippen LogP contribution is 2.19. The smallest absolute Gasteiger partial charge is 0.337 e. The normalized spacial score (nSPS) is 10.4. The van der Waals surface area contributed by atoms with Gasteiger partial charge in [0.2, 0.25) is 0 Å². The molecule has 0 spiro atoms. The Morgan fingerprint density at radius 3 is 2.33 bits per heavy atom. The number of hydrogen-bond donors (Lipinski definition) is 1. The van der Waals surface area contributed by atoms with Crippen molar-refractivity contribution in [2.45, 2.75) is 26.3 Å². The molecule has 0 aliphatic heterocycles. The first-order chi connectivity index (χ1) is 12.8. The monoisotopic (exact) mass is 374 g/mol. The number of nitro benzene ring substituents is 1. The maximum Gasteiger partial charge on any atom is 0.337 e. The van der Waals surface area contributed by atoms with E-state index < -0.39 is 16.7 Å². The third-order valence-electron chi connectivity index (χ3n) is 3.80. The van der Waals surface area contributed by atoms with Gasteiger partial charge >= 0.3 is 11.9 Å². The van der Waals surface area contributed by atoms with E-state index in [0.29, 0.717) is 19.6 Å². The quantitative estimate of drug-likeness (QED) is 0.309. The molecule has 1 aromatic carbocycles. The molecule has 0 atom stereocenters. The predicted octanol–water partition coefficient (Wildman–Crippen LogP) is 2.67.